The van der Waals surface area contributed by atoms with Crippen molar-refractivity contribution in [2.75, 3.05) is 18.5 Å². The first-order chi connectivity index (χ1) is 9.34. The standard InChI is InChI=1S/C13H14Cl2N2O3/c1-13(2)7-20-11(17-13)6-19-12(18)16-10-4-8(14)3-9(15)5-10/h3-5H,6-7H2,1-2H3,(H,16,18). The lowest BCUT2D eigenvalue weighted by molar-refractivity contribution is 0.168. The van der Waals surface area contributed by atoms with Gasteiger partial charge < -0.3 is 9.47 Å². The molecule has 0 unspecified atom stereocenters. The van der Waals surface area contributed by atoms with Crippen LogP contribution in [-0.2, 0) is 9.47 Å². The van der Waals surface area contributed by atoms with Gasteiger partial charge in [0.05, 0.1) is 5.54 Å². The molecule has 0 fully saturated rings. The average Bonchev–Trinajstić information content (AvgIpc) is 2.65. The summed E-state index contributed by atoms with van der Waals surface area (Å²) in [7, 11) is 0. The number of ether oxygens (including phenoxy) is 2. The van der Waals surface area contributed by atoms with E-state index in [0.717, 1.165) is 0 Å². The number of benzene rings is 1. The molecule has 20 heavy (non-hydrogen) atoms. The molecule has 1 N–H and O–H groups in total. The first kappa shape index (κ1) is 14.9. The number of anilines is 1. The van der Waals surface area contributed by atoms with E-state index in [9.17, 15) is 4.79 Å². The van der Waals surface area contributed by atoms with Crippen molar-refractivity contribution >= 4 is 40.9 Å². The van der Waals surface area contributed by atoms with Crippen LogP contribution >= 0.6 is 23.2 Å². The maximum atomic E-state index is 11.6. The molecule has 1 aliphatic heterocycles. The zero-order chi connectivity index (χ0) is 14.8. The van der Waals surface area contributed by atoms with E-state index < -0.39 is 6.09 Å². The number of hydrogen-bond acceptors (Lipinski definition) is 4. The van der Waals surface area contributed by atoms with Gasteiger partial charge in [-0.25, -0.2) is 9.79 Å². The van der Waals surface area contributed by atoms with Crippen LogP contribution in [0.3, 0.4) is 0 Å². The molecule has 1 aromatic rings. The lowest BCUT2D eigenvalue weighted by atomic mass is 10.1. The van der Waals surface area contributed by atoms with E-state index >= 15 is 0 Å². The van der Waals surface area contributed by atoms with Crippen LogP contribution in [0.25, 0.3) is 0 Å². The van der Waals surface area contributed by atoms with Gasteiger partial charge in [0.25, 0.3) is 0 Å². The summed E-state index contributed by atoms with van der Waals surface area (Å²) in [5.41, 5.74) is 0.192. The Morgan fingerprint density at radius 2 is 2.05 bits per heavy atom. The van der Waals surface area contributed by atoms with Gasteiger partial charge in [0, 0.05) is 15.7 Å². The number of carbonyl (C=O) groups is 1. The molecule has 0 aliphatic carbocycles. The molecule has 0 bridgehead atoms. The molecule has 5 nitrogen and oxygen atoms in total. The van der Waals surface area contributed by atoms with Crippen LogP contribution in [-0.4, -0.2) is 30.7 Å². The quantitative estimate of drug-likeness (QED) is 0.923. The Kier molecular flexibility index (Phi) is 4.40. The molecule has 0 aromatic heterocycles. The first-order valence-electron chi connectivity index (χ1n) is 5.95. The van der Waals surface area contributed by atoms with Crippen LogP contribution in [0.2, 0.25) is 10.0 Å². The maximum absolute atomic E-state index is 11.6. The van der Waals surface area contributed by atoms with E-state index in [1.165, 1.54) is 0 Å². The highest BCUT2D eigenvalue weighted by Gasteiger charge is 2.26. The second kappa shape index (κ2) is 5.89. The summed E-state index contributed by atoms with van der Waals surface area (Å²) in [6.45, 7) is 4.35. The highest BCUT2D eigenvalue weighted by Crippen LogP contribution is 2.22. The molecular weight excluding hydrogens is 303 g/mol. The molecule has 1 aliphatic rings. The zero-order valence-corrected chi connectivity index (χ0v) is 12.6. The van der Waals surface area contributed by atoms with E-state index in [4.69, 9.17) is 32.7 Å². The van der Waals surface area contributed by atoms with Crippen LogP contribution in [0.15, 0.2) is 23.2 Å². The minimum atomic E-state index is -0.626. The molecule has 2 rings (SSSR count). The predicted molar refractivity (Wildman–Crippen MR) is 78.9 cm³/mol. The Morgan fingerprint density at radius 1 is 1.40 bits per heavy atom. The van der Waals surface area contributed by atoms with Crippen LogP contribution in [0.5, 0.6) is 0 Å². The monoisotopic (exact) mass is 316 g/mol. The van der Waals surface area contributed by atoms with Crippen LogP contribution in [0, 0.1) is 0 Å². The van der Waals surface area contributed by atoms with Gasteiger partial charge in [-0.15, -0.1) is 0 Å². The largest absolute Gasteiger partial charge is 0.476 e. The summed E-state index contributed by atoms with van der Waals surface area (Å²) in [4.78, 5) is 15.9. The molecule has 108 valence electrons. The Hall–Kier alpha value is -1.46. The summed E-state index contributed by atoms with van der Waals surface area (Å²) in [6, 6.07) is 4.71. The Bertz CT molecular complexity index is 538. The molecular formula is C13H14Cl2N2O3. The van der Waals surface area contributed by atoms with Crippen LogP contribution < -0.4 is 5.32 Å². The summed E-state index contributed by atoms with van der Waals surface area (Å²) in [5.74, 6) is 0.411. The molecule has 0 atom stereocenters. The number of hydrogen-bond donors (Lipinski definition) is 1. The number of amides is 1. The van der Waals surface area contributed by atoms with Crippen molar-refractivity contribution < 1.29 is 14.3 Å². The van der Waals surface area contributed by atoms with Crippen molar-refractivity contribution in [3.05, 3.63) is 28.2 Å². The van der Waals surface area contributed by atoms with Crippen molar-refractivity contribution in [1.29, 1.82) is 0 Å². The fourth-order valence-corrected chi connectivity index (χ4v) is 2.17. The molecule has 1 amide bonds. The van der Waals surface area contributed by atoms with E-state index in [2.05, 4.69) is 10.3 Å². The van der Waals surface area contributed by atoms with E-state index in [0.29, 0.717) is 28.2 Å². The third-order valence-corrected chi connectivity index (χ3v) is 2.89. The van der Waals surface area contributed by atoms with Crippen molar-refractivity contribution in [3.63, 3.8) is 0 Å². The summed E-state index contributed by atoms with van der Waals surface area (Å²) in [5, 5.41) is 3.39. The number of carbonyl (C=O) groups excluding carboxylic acids is 1. The van der Waals surface area contributed by atoms with E-state index in [1.54, 1.807) is 18.2 Å². The minimum Gasteiger partial charge on any atom is -0.476 e. The Balaban J connectivity index is 1.87. The number of nitrogens with one attached hydrogen (secondary N) is 1. The third-order valence-electron chi connectivity index (χ3n) is 2.46. The van der Waals surface area contributed by atoms with Gasteiger partial charge in [0.1, 0.15) is 6.61 Å². The van der Waals surface area contributed by atoms with Gasteiger partial charge in [0.15, 0.2) is 6.61 Å². The topological polar surface area (TPSA) is 59.9 Å². The van der Waals surface area contributed by atoms with Crippen molar-refractivity contribution in [3.8, 4) is 0 Å². The van der Waals surface area contributed by atoms with Crippen LogP contribution in [0.1, 0.15) is 13.8 Å². The predicted octanol–water partition coefficient (Wildman–Crippen LogP) is 3.75. The average molecular weight is 317 g/mol. The highest BCUT2D eigenvalue weighted by atomic mass is 35.5. The lowest BCUT2D eigenvalue weighted by Crippen LogP contribution is -2.19. The molecule has 0 radical (unpaired) electrons. The van der Waals surface area contributed by atoms with Crippen molar-refractivity contribution in [2.24, 2.45) is 4.99 Å². The van der Waals surface area contributed by atoms with E-state index in [1.807, 2.05) is 13.8 Å². The van der Waals surface area contributed by atoms with Gasteiger partial charge >= 0.3 is 6.09 Å². The SMILES string of the molecule is CC1(C)COC(COC(=O)Nc2cc(Cl)cc(Cl)c2)=N1. The van der Waals surface area contributed by atoms with Gasteiger partial charge in [-0.05, 0) is 32.0 Å². The molecule has 7 heteroatoms. The Labute approximate surface area is 126 Å². The lowest BCUT2D eigenvalue weighted by Gasteiger charge is -2.07. The molecule has 0 spiro atoms. The fraction of sp³-hybridized carbons (Fsp3) is 0.385. The molecule has 0 saturated heterocycles. The van der Waals surface area contributed by atoms with Gasteiger partial charge in [-0.2, -0.15) is 0 Å². The van der Waals surface area contributed by atoms with Gasteiger partial charge in [-0.1, -0.05) is 23.2 Å². The molecule has 1 heterocycles. The van der Waals surface area contributed by atoms with Crippen molar-refractivity contribution in [2.45, 2.75) is 19.4 Å². The first-order valence-corrected chi connectivity index (χ1v) is 6.71. The molecule has 1 aromatic carbocycles. The second-order valence-electron chi connectivity index (χ2n) is 4.97. The summed E-state index contributed by atoms with van der Waals surface area (Å²) >= 11 is 11.7. The van der Waals surface area contributed by atoms with Crippen LogP contribution in [0.4, 0.5) is 10.5 Å². The second-order valence-corrected chi connectivity index (χ2v) is 5.84. The summed E-state index contributed by atoms with van der Waals surface area (Å²) in [6.07, 6.45) is -0.626. The number of rotatable bonds is 3. The summed E-state index contributed by atoms with van der Waals surface area (Å²) < 4.78 is 10.3. The van der Waals surface area contributed by atoms with E-state index in [-0.39, 0.29) is 12.1 Å². The molecule has 0 saturated carbocycles. The smallest absolute Gasteiger partial charge is 0.412 e. The fourth-order valence-electron chi connectivity index (χ4n) is 1.64. The third kappa shape index (κ3) is 4.28. The Morgan fingerprint density at radius 3 is 2.60 bits per heavy atom. The number of aliphatic imine (C=N–C) groups is 1. The normalized spacial score (nSPS) is 16.3. The van der Waals surface area contributed by atoms with Gasteiger partial charge in [-0.3, -0.25) is 5.32 Å². The highest BCUT2D eigenvalue weighted by molar-refractivity contribution is 6.35. The number of nitrogens with zero attached hydrogens (tertiary/aromatic N) is 1. The maximum Gasteiger partial charge on any atom is 0.412 e. The van der Waals surface area contributed by atoms with Crippen molar-refractivity contribution in [1.82, 2.24) is 0 Å². The van der Waals surface area contributed by atoms with Gasteiger partial charge in [0.2, 0.25) is 5.90 Å². The number of halogens is 2. The zero-order valence-electron chi connectivity index (χ0n) is 11.1. The minimum absolute atomic E-state index is 0.0104.